The number of carbonyl (C=O) groups excluding carboxylic acids is 1. The first-order chi connectivity index (χ1) is 15.5. The van der Waals surface area contributed by atoms with E-state index in [2.05, 4.69) is 10.0 Å². The van der Waals surface area contributed by atoms with Gasteiger partial charge in [-0.3, -0.25) is 4.79 Å². The van der Waals surface area contributed by atoms with Gasteiger partial charge in [0.15, 0.2) is 11.5 Å². The number of amides is 1. The number of fused-ring (bicyclic) bond motifs is 1. The van der Waals surface area contributed by atoms with Crippen LogP contribution in [0.3, 0.4) is 0 Å². The topological polar surface area (TPSA) is 93.7 Å². The summed E-state index contributed by atoms with van der Waals surface area (Å²) in [6.07, 6.45) is 6.52. The molecule has 2 N–H and O–H groups in total. The van der Waals surface area contributed by atoms with Crippen LogP contribution in [-0.2, 0) is 26.8 Å². The van der Waals surface area contributed by atoms with Crippen molar-refractivity contribution in [1.82, 2.24) is 10.0 Å². The van der Waals surface area contributed by atoms with Crippen molar-refractivity contribution in [3.05, 3.63) is 53.6 Å². The molecule has 2 aromatic carbocycles. The Bertz CT molecular complexity index is 1100. The van der Waals surface area contributed by atoms with E-state index in [1.807, 2.05) is 18.2 Å². The third-order valence-corrected chi connectivity index (χ3v) is 8.19. The molecule has 0 unspecified atom stereocenters. The quantitative estimate of drug-likeness (QED) is 0.666. The van der Waals surface area contributed by atoms with Crippen molar-refractivity contribution in [3.63, 3.8) is 0 Å². The van der Waals surface area contributed by atoms with Gasteiger partial charge in [-0.15, -0.1) is 0 Å². The number of nitrogens with one attached hydrogen (secondary N) is 2. The number of sulfonamides is 1. The van der Waals surface area contributed by atoms with E-state index in [9.17, 15) is 13.2 Å². The first-order valence-electron chi connectivity index (χ1n) is 11.3. The Balaban J connectivity index is 1.30. The molecular formula is C24H28N2O5S. The maximum atomic E-state index is 13.5. The maximum Gasteiger partial charge on any atom is 0.240 e. The van der Waals surface area contributed by atoms with Crippen molar-refractivity contribution in [2.45, 2.75) is 67.8 Å². The molecule has 1 heterocycles. The lowest BCUT2D eigenvalue weighted by Crippen LogP contribution is -2.45. The van der Waals surface area contributed by atoms with Crippen LogP contribution in [0.5, 0.6) is 11.5 Å². The third-order valence-electron chi connectivity index (χ3n) is 6.65. The van der Waals surface area contributed by atoms with E-state index in [-0.39, 0.29) is 23.6 Å². The molecule has 0 radical (unpaired) electrons. The van der Waals surface area contributed by atoms with Gasteiger partial charge in [0.2, 0.25) is 22.7 Å². The normalized spacial score (nSPS) is 19.5. The van der Waals surface area contributed by atoms with Gasteiger partial charge in [0.25, 0.3) is 0 Å². The summed E-state index contributed by atoms with van der Waals surface area (Å²) in [4.78, 5) is 13.7. The Kier molecular flexibility index (Phi) is 5.59. The van der Waals surface area contributed by atoms with E-state index in [1.165, 1.54) is 0 Å². The summed E-state index contributed by atoms with van der Waals surface area (Å²) < 4.78 is 38.3. The molecule has 7 nitrogen and oxygen atoms in total. The SMILES string of the molecule is O=C(NCc1ccc(S(=O)(=O)NC2CC2)cc1)C1(c2ccc3c(c2)OCO3)CCCCC1. The standard InChI is InChI=1S/C24H28N2O5S/c27-23(25-15-17-4-9-20(10-5-17)32(28,29)26-19-7-8-19)24(12-2-1-3-13-24)18-6-11-21-22(14-18)31-16-30-21/h4-6,9-11,14,19,26H,1-3,7-8,12-13,15-16H2,(H,25,27). The highest BCUT2D eigenvalue weighted by Gasteiger charge is 2.41. The minimum absolute atomic E-state index is 0.00293. The second kappa shape index (κ2) is 8.41. The summed E-state index contributed by atoms with van der Waals surface area (Å²) >= 11 is 0. The largest absolute Gasteiger partial charge is 0.454 e. The van der Waals surface area contributed by atoms with Crippen molar-refractivity contribution < 1.29 is 22.7 Å². The minimum Gasteiger partial charge on any atom is -0.454 e. The molecule has 32 heavy (non-hydrogen) atoms. The molecule has 170 valence electrons. The van der Waals surface area contributed by atoms with Crippen molar-refractivity contribution in [3.8, 4) is 11.5 Å². The van der Waals surface area contributed by atoms with Crippen molar-refractivity contribution in [2.24, 2.45) is 0 Å². The van der Waals surface area contributed by atoms with E-state index >= 15 is 0 Å². The van der Waals surface area contributed by atoms with Gasteiger partial charge in [-0.05, 0) is 61.1 Å². The van der Waals surface area contributed by atoms with Gasteiger partial charge in [0.1, 0.15) is 0 Å². The second-order valence-corrected chi connectivity index (χ2v) is 10.6. The fraction of sp³-hybridized carbons (Fsp3) is 0.458. The Morgan fingerprint density at radius 1 is 0.969 bits per heavy atom. The second-order valence-electron chi connectivity index (χ2n) is 8.93. The van der Waals surface area contributed by atoms with Crippen molar-refractivity contribution >= 4 is 15.9 Å². The summed E-state index contributed by atoms with van der Waals surface area (Å²) in [6.45, 7) is 0.557. The van der Waals surface area contributed by atoms with Gasteiger partial charge in [-0.1, -0.05) is 37.5 Å². The highest BCUT2D eigenvalue weighted by Crippen LogP contribution is 2.43. The Morgan fingerprint density at radius 3 is 2.41 bits per heavy atom. The monoisotopic (exact) mass is 456 g/mol. The van der Waals surface area contributed by atoms with Crippen LogP contribution in [0, 0.1) is 0 Å². The molecule has 2 saturated carbocycles. The zero-order valence-corrected chi connectivity index (χ0v) is 18.7. The van der Waals surface area contributed by atoms with Crippen LogP contribution < -0.4 is 19.5 Å². The summed E-state index contributed by atoms with van der Waals surface area (Å²) in [5.74, 6) is 1.41. The van der Waals surface area contributed by atoms with Gasteiger partial charge in [-0.25, -0.2) is 13.1 Å². The highest BCUT2D eigenvalue weighted by atomic mass is 32.2. The fourth-order valence-electron chi connectivity index (χ4n) is 4.62. The lowest BCUT2D eigenvalue weighted by molar-refractivity contribution is -0.128. The van der Waals surface area contributed by atoms with E-state index in [4.69, 9.17) is 9.47 Å². The van der Waals surface area contributed by atoms with Gasteiger partial charge in [0.05, 0.1) is 10.3 Å². The Morgan fingerprint density at radius 2 is 1.69 bits per heavy atom. The molecule has 8 heteroatoms. The average Bonchev–Trinajstić information content (AvgIpc) is 3.49. The molecule has 0 saturated heterocycles. The van der Waals surface area contributed by atoms with Gasteiger partial charge < -0.3 is 14.8 Å². The van der Waals surface area contributed by atoms with Crippen molar-refractivity contribution in [2.75, 3.05) is 6.79 Å². The van der Waals surface area contributed by atoms with E-state index < -0.39 is 15.4 Å². The van der Waals surface area contributed by atoms with Crippen LogP contribution in [0.2, 0.25) is 0 Å². The maximum absolute atomic E-state index is 13.5. The first-order valence-corrected chi connectivity index (χ1v) is 12.7. The van der Waals surface area contributed by atoms with Crippen LogP contribution in [-0.4, -0.2) is 27.2 Å². The molecule has 5 rings (SSSR count). The average molecular weight is 457 g/mol. The predicted octanol–water partition coefficient (Wildman–Crippen LogP) is 3.37. The van der Waals surface area contributed by atoms with Crippen LogP contribution in [0.25, 0.3) is 0 Å². The molecule has 1 amide bonds. The molecule has 2 fully saturated rings. The zero-order valence-electron chi connectivity index (χ0n) is 17.9. The predicted molar refractivity (Wildman–Crippen MR) is 119 cm³/mol. The van der Waals surface area contributed by atoms with Crippen molar-refractivity contribution in [1.29, 1.82) is 0 Å². The van der Waals surface area contributed by atoms with Crippen LogP contribution in [0.4, 0.5) is 0 Å². The molecule has 0 bridgehead atoms. The fourth-order valence-corrected chi connectivity index (χ4v) is 5.93. The van der Waals surface area contributed by atoms with Gasteiger partial charge >= 0.3 is 0 Å². The lowest BCUT2D eigenvalue weighted by atomic mass is 9.68. The smallest absolute Gasteiger partial charge is 0.240 e. The molecule has 2 aromatic rings. The van der Waals surface area contributed by atoms with E-state index in [1.54, 1.807) is 24.3 Å². The Hall–Kier alpha value is -2.58. The number of hydrogen-bond acceptors (Lipinski definition) is 5. The van der Waals surface area contributed by atoms with Crippen LogP contribution in [0.15, 0.2) is 47.4 Å². The molecular weight excluding hydrogens is 428 g/mol. The van der Waals surface area contributed by atoms with Crippen LogP contribution >= 0.6 is 0 Å². The van der Waals surface area contributed by atoms with Gasteiger partial charge in [0, 0.05) is 12.6 Å². The molecule has 0 aromatic heterocycles. The third kappa shape index (κ3) is 4.21. The van der Waals surface area contributed by atoms with E-state index in [0.717, 1.165) is 56.1 Å². The van der Waals surface area contributed by atoms with Gasteiger partial charge in [-0.2, -0.15) is 0 Å². The first kappa shape index (κ1) is 21.3. The number of carbonyl (C=O) groups is 1. The minimum atomic E-state index is -3.47. The van der Waals surface area contributed by atoms with Crippen LogP contribution in [0.1, 0.15) is 56.1 Å². The summed E-state index contributed by atoms with van der Waals surface area (Å²) in [5, 5.41) is 3.10. The molecule has 0 atom stereocenters. The molecule has 0 spiro atoms. The number of ether oxygens (including phenoxy) is 2. The lowest BCUT2D eigenvalue weighted by Gasteiger charge is -2.36. The zero-order chi connectivity index (χ0) is 22.2. The molecule has 2 aliphatic carbocycles. The summed E-state index contributed by atoms with van der Waals surface area (Å²) in [6, 6.07) is 12.6. The number of hydrogen-bond donors (Lipinski definition) is 2. The molecule has 1 aliphatic heterocycles. The number of rotatable bonds is 7. The summed E-state index contributed by atoms with van der Waals surface area (Å²) in [5.41, 5.74) is 1.24. The summed E-state index contributed by atoms with van der Waals surface area (Å²) in [7, 11) is -3.47. The van der Waals surface area contributed by atoms with E-state index in [0.29, 0.717) is 18.0 Å². The Labute approximate surface area is 188 Å². The highest BCUT2D eigenvalue weighted by molar-refractivity contribution is 7.89. The number of benzene rings is 2. The molecule has 3 aliphatic rings.